The highest BCUT2D eigenvalue weighted by molar-refractivity contribution is 6.37. The summed E-state index contributed by atoms with van der Waals surface area (Å²) in [4.78, 5) is 39.9. The molecule has 5 rings (SSSR count). The topological polar surface area (TPSA) is 83.9 Å². The molecule has 2 aliphatic carbocycles. The van der Waals surface area contributed by atoms with Crippen molar-refractivity contribution < 1.29 is 28.6 Å². The third-order valence-electron chi connectivity index (χ3n) is 7.06. The van der Waals surface area contributed by atoms with E-state index >= 15 is 0 Å². The molecule has 0 fully saturated rings. The number of aliphatic carboxylic acids is 1. The summed E-state index contributed by atoms with van der Waals surface area (Å²) in [6.07, 6.45) is 2.95. The van der Waals surface area contributed by atoms with Gasteiger partial charge in [0.15, 0.2) is 17.3 Å². The Hall–Kier alpha value is -3.16. The molecule has 6 nitrogen and oxygen atoms in total. The van der Waals surface area contributed by atoms with Gasteiger partial charge in [-0.05, 0) is 49.4 Å². The minimum atomic E-state index is -1.03. The average Bonchev–Trinajstić information content (AvgIpc) is 2.85. The normalized spacial score (nSPS) is 18.2. The van der Waals surface area contributed by atoms with Gasteiger partial charge in [-0.3, -0.25) is 14.4 Å². The summed E-state index contributed by atoms with van der Waals surface area (Å²) in [7, 11) is 0. The van der Waals surface area contributed by atoms with Crippen molar-refractivity contribution in [3.05, 3.63) is 85.9 Å². The maximum absolute atomic E-state index is 14.0. The molecule has 37 heavy (non-hydrogen) atoms. The number of nitrogens with zero attached hydrogens (tertiary/aromatic N) is 1. The molecule has 0 unspecified atom stereocenters. The fraction of sp³-hybridized carbons (Fsp3) is 0.321. The molecule has 0 saturated heterocycles. The molecule has 1 N–H and O–H groups in total. The number of rotatable bonds is 6. The summed E-state index contributed by atoms with van der Waals surface area (Å²) in [5, 5.41) is 9.92. The van der Waals surface area contributed by atoms with Crippen molar-refractivity contribution in [2.75, 3.05) is 6.54 Å². The Morgan fingerprint density at radius 1 is 0.973 bits per heavy atom. The summed E-state index contributed by atoms with van der Waals surface area (Å²) >= 11 is 13.2. The quantitative estimate of drug-likeness (QED) is 0.466. The maximum atomic E-state index is 14.0. The zero-order chi connectivity index (χ0) is 26.3. The van der Waals surface area contributed by atoms with Crippen LogP contribution in [0.25, 0.3) is 0 Å². The van der Waals surface area contributed by atoms with E-state index in [2.05, 4.69) is 0 Å². The van der Waals surface area contributed by atoms with E-state index < -0.39 is 17.7 Å². The Morgan fingerprint density at radius 3 is 2.08 bits per heavy atom. The third-order valence-corrected chi connectivity index (χ3v) is 7.63. The predicted octanol–water partition coefficient (Wildman–Crippen LogP) is 6.21. The SMILES string of the molecule is O=C(O)CN1C2=C(C(=O)CCC2)C(c2cc(Cl)c(OCc3ccccc3F)c(Cl)c2)C2=C1CCCC2=O. The number of Topliss-reactive ketones (excluding diaryl/α,β-unsaturated/α-hetero) is 2. The predicted molar refractivity (Wildman–Crippen MR) is 136 cm³/mol. The Balaban J connectivity index is 1.59. The number of hydrogen-bond acceptors (Lipinski definition) is 5. The number of carboxylic acid groups (broad SMARTS) is 1. The van der Waals surface area contributed by atoms with Crippen LogP contribution in [-0.4, -0.2) is 34.1 Å². The van der Waals surface area contributed by atoms with Crippen molar-refractivity contribution in [2.45, 2.75) is 51.0 Å². The van der Waals surface area contributed by atoms with E-state index in [4.69, 9.17) is 27.9 Å². The molecule has 0 amide bonds. The number of benzene rings is 2. The van der Waals surface area contributed by atoms with Gasteiger partial charge in [-0.25, -0.2) is 4.39 Å². The Labute approximate surface area is 223 Å². The first kappa shape index (κ1) is 25.5. The van der Waals surface area contributed by atoms with Gasteiger partial charge < -0.3 is 14.7 Å². The first-order chi connectivity index (χ1) is 17.8. The Morgan fingerprint density at radius 2 is 1.54 bits per heavy atom. The van der Waals surface area contributed by atoms with E-state index in [1.807, 2.05) is 0 Å². The molecule has 0 aromatic heterocycles. The molecule has 3 aliphatic rings. The van der Waals surface area contributed by atoms with Crippen LogP contribution >= 0.6 is 23.2 Å². The lowest BCUT2D eigenvalue weighted by atomic mass is 9.71. The maximum Gasteiger partial charge on any atom is 0.323 e. The van der Waals surface area contributed by atoms with E-state index in [0.29, 0.717) is 72.2 Å². The van der Waals surface area contributed by atoms with Crippen LogP contribution in [0.1, 0.15) is 55.6 Å². The second-order valence-electron chi connectivity index (χ2n) is 9.38. The lowest BCUT2D eigenvalue weighted by Gasteiger charge is -2.43. The van der Waals surface area contributed by atoms with Gasteiger partial charge in [-0.1, -0.05) is 41.4 Å². The molecule has 0 radical (unpaired) electrons. The fourth-order valence-electron chi connectivity index (χ4n) is 5.53. The van der Waals surface area contributed by atoms with Crippen molar-refractivity contribution in [3.63, 3.8) is 0 Å². The van der Waals surface area contributed by atoms with Crippen LogP contribution in [0.4, 0.5) is 4.39 Å². The van der Waals surface area contributed by atoms with Gasteiger partial charge in [0, 0.05) is 46.9 Å². The molecule has 0 spiro atoms. The van der Waals surface area contributed by atoms with Crippen molar-refractivity contribution in [3.8, 4) is 5.75 Å². The Bertz CT molecular complexity index is 1320. The number of halogens is 3. The molecular formula is C28H24Cl2FNO5. The van der Waals surface area contributed by atoms with Gasteiger partial charge in [0.2, 0.25) is 0 Å². The highest BCUT2D eigenvalue weighted by Gasteiger charge is 2.44. The minimum Gasteiger partial charge on any atom is -0.486 e. The third kappa shape index (κ3) is 4.78. The molecule has 1 aliphatic heterocycles. The van der Waals surface area contributed by atoms with E-state index in [-0.39, 0.29) is 40.5 Å². The molecule has 1 heterocycles. The summed E-state index contributed by atoms with van der Waals surface area (Å²) in [6.45, 7) is -0.393. The zero-order valence-electron chi connectivity index (χ0n) is 19.9. The molecule has 0 bridgehead atoms. The van der Waals surface area contributed by atoms with Crippen LogP contribution in [0.3, 0.4) is 0 Å². The van der Waals surface area contributed by atoms with Gasteiger partial charge in [0.25, 0.3) is 0 Å². The van der Waals surface area contributed by atoms with E-state index in [1.54, 1.807) is 35.2 Å². The summed E-state index contributed by atoms with van der Waals surface area (Å²) < 4.78 is 19.8. The van der Waals surface area contributed by atoms with Crippen LogP contribution < -0.4 is 4.74 Å². The number of allylic oxidation sites excluding steroid dienone is 4. The van der Waals surface area contributed by atoms with Crippen molar-refractivity contribution in [1.29, 1.82) is 0 Å². The fourth-order valence-corrected chi connectivity index (χ4v) is 6.14. The Kier molecular flexibility index (Phi) is 7.10. The van der Waals surface area contributed by atoms with Gasteiger partial charge >= 0.3 is 5.97 Å². The highest BCUT2D eigenvalue weighted by atomic mass is 35.5. The molecule has 0 atom stereocenters. The second kappa shape index (κ2) is 10.3. The number of ether oxygens (including phenoxy) is 1. The van der Waals surface area contributed by atoms with E-state index in [0.717, 1.165) is 0 Å². The summed E-state index contributed by atoms with van der Waals surface area (Å²) in [5.74, 6) is -2.18. The van der Waals surface area contributed by atoms with Crippen molar-refractivity contribution >= 4 is 40.7 Å². The smallest absolute Gasteiger partial charge is 0.323 e. The lowest BCUT2D eigenvalue weighted by Crippen LogP contribution is -2.41. The zero-order valence-corrected chi connectivity index (χ0v) is 21.4. The molecular weight excluding hydrogens is 520 g/mol. The lowest BCUT2D eigenvalue weighted by molar-refractivity contribution is -0.138. The van der Waals surface area contributed by atoms with Crippen LogP contribution in [-0.2, 0) is 21.0 Å². The van der Waals surface area contributed by atoms with E-state index in [1.165, 1.54) is 6.07 Å². The molecule has 9 heteroatoms. The number of carboxylic acids is 1. The minimum absolute atomic E-state index is 0.0827. The highest BCUT2D eigenvalue weighted by Crippen LogP contribution is 2.50. The summed E-state index contributed by atoms with van der Waals surface area (Å²) in [5.41, 5.74) is 3.10. The van der Waals surface area contributed by atoms with Crippen LogP contribution in [0.2, 0.25) is 10.0 Å². The van der Waals surface area contributed by atoms with E-state index in [9.17, 15) is 23.9 Å². The molecule has 192 valence electrons. The number of ketones is 2. The molecule has 0 saturated carbocycles. The first-order valence-corrected chi connectivity index (χ1v) is 12.9. The van der Waals surface area contributed by atoms with Crippen molar-refractivity contribution in [2.24, 2.45) is 0 Å². The van der Waals surface area contributed by atoms with Gasteiger partial charge in [0.1, 0.15) is 19.0 Å². The number of carbonyl (C=O) groups excluding carboxylic acids is 2. The van der Waals surface area contributed by atoms with Crippen LogP contribution in [0.5, 0.6) is 5.75 Å². The van der Waals surface area contributed by atoms with Crippen molar-refractivity contribution in [1.82, 2.24) is 4.90 Å². The standard InChI is InChI=1S/C28H24Cl2FNO5/c29-17-11-16(12-18(30)28(17)37-14-15-5-1-2-6-19(15)31)25-26-20(7-3-9-22(26)33)32(13-24(35)36)21-8-4-10-23(34)27(21)25/h1-2,5-6,11-12,25H,3-4,7-10,13-14H2,(H,35,36). The number of carbonyl (C=O) groups is 3. The summed E-state index contributed by atoms with van der Waals surface area (Å²) in [6, 6.07) is 9.47. The average molecular weight is 544 g/mol. The van der Waals surface area contributed by atoms with Gasteiger partial charge in [-0.2, -0.15) is 0 Å². The largest absolute Gasteiger partial charge is 0.486 e. The number of hydrogen-bond donors (Lipinski definition) is 1. The monoisotopic (exact) mass is 543 g/mol. The molecule has 2 aromatic rings. The van der Waals surface area contributed by atoms with Gasteiger partial charge in [0.05, 0.1) is 10.0 Å². The van der Waals surface area contributed by atoms with Gasteiger partial charge in [-0.15, -0.1) is 0 Å². The van der Waals surface area contributed by atoms with Crippen LogP contribution in [0.15, 0.2) is 58.9 Å². The van der Waals surface area contributed by atoms with Crippen LogP contribution in [0, 0.1) is 5.82 Å². The first-order valence-electron chi connectivity index (χ1n) is 12.1. The second-order valence-corrected chi connectivity index (χ2v) is 10.2. The molecule has 2 aromatic carbocycles.